The van der Waals surface area contributed by atoms with Crippen LogP contribution in [0.1, 0.15) is 34.1 Å². The summed E-state index contributed by atoms with van der Waals surface area (Å²) >= 11 is 0. The van der Waals surface area contributed by atoms with Crippen LogP contribution in [0.15, 0.2) is 0 Å². The van der Waals surface area contributed by atoms with Crippen molar-refractivity contribution in [1.29, 1.82) is 0 Å². The summed E-state index contributed by atoms with van der Waals surface area (Å²) in [5.41, 5.74) is 0. The second kappa shape index (κ2) is 4.70. The highest BCUT2D eigenvalue weighted by Crippen LogP contribution is 2.33. The van der Waals surface area contributed by atoms with Crippen molar-refractivity contribution >= 4 is 0 Å². The summed E-state index contributed by atoms with van der Waals surface area (Å²) in [5, 5.41) is 19.5. The van der Waals surface area contributed by atoms with Gasteiger partial charge in [0.25, 0.3) is 0 Å². The van der Waals surface area contributed by atoms with Crippen LogP contribution in [0.25, 0.3) is 0 Å². The summed E-state index contributed by atoms with van der Waals surface area (Å²) in [4.78, 5) is 0. The van der Waals surface area contributed by atoms with Gasteiger partial charge >= 0.3 is 0 Å². The molecule has 0 radical (unpaired) electrons. The third-order valence-corrected chi connectivity index (χ3v) is 2.94. The van der Waals surface area contributed by atoms with E-state index in [1.54, 1.807) is 0 Å². The lowest BCUT2D eigenvalue weighted by atomic mass is 10.1. The van der Waals surface area contributed by atoms with E-state index in [0.29, 0.717) is 13.0 Å². The van der Waals surface area contributed by atoms with E-state index >= 15 is 0 Å². The van der Waals surface area contributed by atoms with Gasteiger partial charge in [-0.15, -0.1) is 0 Å². The number of hydrogen-bond acceptors (Lipinski definition) is 6. The molecule has 2 aliphatic heterocycles. The van der Waals surface area contributed by atoms with Crippen LogP contribution in [0, 0.1) is 0 Å². The maximum absolute atomic E-state index is 9.96. The summed E-state index contributed by atoms with van der Waals surface area (Å²) in [6.45, 7) is 7.06. The van der Waals surface area contributed by atoms with Crippen molar-refractivity contribution in [3.8, 4) is 0 Å². The summed E-state index contributed by atoms with van der Waals surface area (Å²) in [7, 11) is 0. The molecule has 2 N–H and O–H groups in total. The first-order valence-corrected chi connectivity index (χ1v) is 6.22. The lowest BCUT2D eigenvalue weighted by Crippen LogP contribution is -2.38. The fraction of sp³-hybridized carbons (Fsp3) is 1.00. The molecule has 0 bridgehead atoms. The number of ether oxygens (including phenoxy) is 4. The van der Waals surface area contributed by atoms with Gasteiger partial charge in [0.15, 0.2) is 17.9 Å². The van der Waals surface area contributed by atoms with Gasteiger partial charge in [0.05, 0.1) is 12.7 Å². The SMILES string of the molecule is CC(C)(O)O[C@@H]1C[C@@H](O)C(C2COC(C)(C)O2)O1. The molecule has 2 saturated heterocycles. The van der Waals surface area contributed by atoms with Crippen molar-refractivity contribution in [3.63, 3.8) is 0 Å². The lowest BCUT2D eigenvalue weighted by Gasteiger charge is -2.25. The van der Waals surface area contributed by atoms with Crippen LogP contribution in [-0.4, -0.2) is 53.0 Å². The van der Waals surface area contributed by atoms with Crippen LogP contribution >= 0.6 is 0 Å². The van der Waals surface area contributed by atoms with Crippen LogP contribution in [-0.2, 0) is 18.9 Å². The van der Waals surface area contributed by atoms with E-state index in [9.17, 15) is 10.2 Å². The topological polar surface area (TPSA) is 77.4 Å². The Morgan fingerprint density at radius 1 is 1.33 bits per heavy atom. The highest BCUT2D eigenvalue weighted by atomic mass is 16.8. The van der Waals surface area contributed by atoms with Crippen LogP contribution < -0.4 is 0 Å². The third kappa shape index (κ3) is 3.40. The van der Waals surface area contributed by atoms with Gasteiger partial charge in [-0.1, -0.05) is 0 Å². The van der Waals surface area contributed by atoms with E-state index in [1.807, 2.05) is 13.8 Å². The predicted molar refractivity (Wildman–Crippen MR) is 61.6 cm³/mol. The summed E-state index contributed by atoms with van der Waals surface area (Å²) in [6, 6.07) is 0. The number of aliphatic hydroxyl groups excluding tert-OH is 1. The minimum atomic E-state index is -1.29. The molecule has 0 saturated carbocycles. The van der Waals surface area contributed by atoms with E-state index in [-0.39, 0.29) is 6.10 Å². The summed E-state index contributed by atoms with van der Waals surface area (Å²) in [6.07, 6.45) is -1.80. The van der Waals surface area contributed by atoms with Crippen LogP contribution in [0.3, 0.4) is 0 Å². The standard InChI is InChI=1S/C12H22O6/c1-11(2,14)18-9-5-7(13)10(16-9)8-6-15-12(3,4)17-8/h7-10,13-14H,5-6H2,1-4H3/t7-,8?,9-,10?/m1/s1. The minimum Gasteiger partial charge on any atom is -0.390 e. The Bertz CT molecular complexity index is 297. The number of rotatable bonds is 3. The first-order chi connectivity index (χ1) is 8.16. The highest BCUT2D eigenvalue weighted by Gasteiger charge is 2.46. The maximum atomic E-state index is 9.96. The molecule has 0 aliphatic carbocycles. The Morgan fingerprint density at radius 2 is 2.00 bits per heavy atom. The van der Waals surface area contributed by atoms with E-state index < -0.39 is 30.1 Å². The number of aliphatic hydroxyl groups is 2. The Morgan fingerprint density at radius 3 is 2.50 bits per heavy atom. The Balaban J connectivity index is 1.92. The van der Waals surface area contributed by atoms with Gasteiger partial charge in [-0.25, -0.2) is 0 Å². The zero-order valence-corrected chi connectivity index (χ0v) is 11.3. The lowest BCUT2D eigenvalue weighted by molar-refractivity contribution is -0.275. The van der Waals surface area contributed by atoms with Crippen LogP contribution in [0.2, 0.25) is 0 Å². The van der Waals surface area contributed by atoms with Crippen molar-refractivity contribution in [1.82, 2.24) is 0 Å². The van der Waals surface area contributed by atoms with Gasteiger partial charge in [-0.05, 0) is 27.7 Å². The molecule has 4 atom stereocenters. The average molecular weight is 262 g/mol. The molecule has 0 aromatic heterocycles. The Kier molecular flexibility index (Phi) is 3.70. The molecule has 0 aromatic carbocycles. The van der Waals surface area contributed by atoms with Crippen LogP contribution in [0.5, 0.6) is 0 Å². The Hall–Kier alpha value is -0.240. The van der Waals surface area contributed by atoms with Gasteiger partial charge in [0.1, 0.15) is 12.2 Å². The smallest absolute Gasteiger partial charge is 0.164 e. The fourth-order valence-corrected chi connectivity index (χ4v) is 2.26. The quantitative estimate of drug-likeness (QED) is 0.715. The highest BCUT2D eigenvalue weighted by molar-refractivity contribution is 4.88. The number of hydrogen-bond donors (Lipinski definition) is 2. The zero-order chi connectivity index (χ0) is 13.6. The maximum Gasteiger partial charge on any atom is 0.164 e. The molecular formula is C12H22O6. The molecule has 6 heteroatoms. The molecule has 18 heavy (non-hydrogen) atoms. The minimum absolute atomic E-state index is 0.314. The van der Waals surface area contributed by atoms with E-state index in [2.05, 4.69) is 0 Å². The molecule has 2 unspecified atom stereocenters. The summed E-state index contributed by atoms with van der Waals surface area (Å²) < 4.78 is 22.0. The molecule has 0 aromatic rings. The molecular weight excluding hydrogens is 240 g/mol. The molecule has 2 fully saturated rings. The fourth-order valence-electron chi connectivity index (χ4n) is 2.26. The second-order valence-electron chi connectivity index (χ2n) is 5.77. The molecule has 6 nitrogen and oxygen atoms in total. The van der Waals surface area contributed by atoms with Gasteiger partial charge in [-0.2, -0.15) is 0 Å². The second-order valence-corrected chi connectivity index (χ2v) is 5.77. The average Bonchev–Trinajstić information content (AvgIpc) is 2.67. The molecule has 0 amide bonds. The molecule has 2 rings (SSSR count). The van der Waals surface area contributed by atoms with Gasteiger partial charge in [0, 0.05) is 6.42 Å². The molecule has 0 spiro atoms. The van der Waals surface area contributed by atoms with Crippen LogP contribution in [0.4, 0.5) is 0 Å². The summed E-state index contributed by atoms with van der Waals surface area (Å²) in [5.74, 6) is -1.94. The van der Waals surface area contributed by atoms with E-state index in [0.717, 1.165) is 0 Å². The van der Waals surface area contributed by atoms with E-state index in [4.69, 9.17) is 18.9 Å². The van der Waals surface area contributed by atoms with Gasteiger partial charge < -0.3 is 29.2 Å². The molecule has 106 valence electrons. The van der Waals surface area contributed by atoms with Crippen molar-refractivity contribution in [3.05, 3.63) is 0 Å². The van der Waals surface area contributed by atoms with Crippen molar-refractivity contribution in [2.75, 3.05) is 6.61 Å². The zero-order valence-electron chi connectivity index (χ0n) is 11.3. The van der Waals surface area contributed by atoms with Crippen molar-refractivity contribution < 1.29 is 29.2 Å². The largest absolute Gasteiger partial charge is 0.390 e. The first kappa shape index (κ1) is 14.2. The van der Waals surface area contributed by atoms with Crippen molar-refractivity contribution in [2.24, 2.45) is 0 Å². The Labute approximate surface area is 107 Å². The molecule has 2 aliphatic rings. The van der Waals surface area contributed by atoms with Crippen molar-refractivity contribution in [2.45, 2.75) is 70.3 Å². The molecule has 2 heterocycles. The van der Waals surface area contributed by atoms with Gasteiger partial charge in [-0.3, -0.25) is 0 Å². The monoisotopic (exact) mass is 262 g/mol. The first-order valence-electron chi connectivity index (χ1n) is 6.22. The third-order valence-electron chi connectivity index (χ3n) is 2.94. The van der Waals surface area contributed by atoms with E-state index in [1.165, 1.54) is 13.8 Å². The predicted octanol–water partition coefficient (Wildman–Crippen LogP) is 0.359. The normalized spacial score (nSPS) is 40.3. The van der Waals surface area contributed by atoms with Gasteiger partial charge in [0.2, 0.25) is 0 Å².